The number of hydrogen-bond donors (Lipinski definition) is 1. The van der Waals surface area contributed by atoms with Crippen molar-refractivity contribution in [3.63, 3.8) is 0 Å². The molecule has 31 heavy (non-hydrogen) atoms. The molecule has 8 heteroatoms. The van der Waals surface area contributed by atoms with Crippen molar-refractivity contribution in [3.8, 4) is 0 Å². The van der Waals surface area contributed by atoms with Crippen LogP contribution in [0.4, 0.5) is 0 Å². The zero-order valence-electron chi connectivity index (χ0n) is 18.0. The van der Waals surface area contributed by atoms with E-state index in [4.69, 9.17) is 4.98 Å². The summed E-state index contributed by atoms with van der Waals surface area (Å²) in [6.45, 7) is 4.24. The van der Waals surface area contributed by atoms with E-state index in [-0.39, 0.29) is 23.3 Å². The normalized spacial score (nSPS) is 16.8. The number of nitrogens with one attached hydrogen (secondary N) is 1. The van der Waals surface area contributed by atoms with Crippen molar-refractivity contribution in [3.05, 3.63) is 57.5 Å². The number of amides is 2. The van der Waals surface area contributed by atoms with Crippen molar-refractivity contribution in [1.29, 1.82) is 0 Å². The Labute approximate surface area is 181 Å². The second kappa shape index (κ2) is 9.41. The Morgan fingerprint density at radius 3 is 2.65 bits per heavy atom. The lowest BCUT2D eigenvalue weighted by Gasteiger charge is -2.32. The number of H-pyrrole nitrogens is 1. The number of carbonyl (C=O) groups excluding carboxylic acids is 2. The van der Waals surface area contributed by atoms with Crippen LogP contribution in [0.15, 0.2) is 29.2 Å². The lowest BCUT2D eigenvalue weighted by Crippen LogP contribution is -2.41. The molecule has 2 aromatic rings. The van der Waals surface area contributed by atoms with Crippen LogP contribution in [0.25, 0.3) is 0 Å². The molecule has 1 N–H and O–H groups in total. The number of rotatable bonds is 5. The molecule has 0 radical (unpaired) electrons. The van der Waals surface area contributed by atoms with Crippen molar-refractivity contribution in [1.82, 2.24) is 24.8 Å². The van der Waals surface area contributed by atoms with Crippen LogP contribution in [0.5, 0.6) is 0 Å². The van der Waals surface area contributed by atoms with E-state index >= 15 is 0 Å². The van der Waals surface area contributed by atoms with Crippen LogP contribution >= 0.6 is 0 Å². The smallest absolute Gasteiger partial charge is 0.256 e. The molecule has 1 fully saturated rings. The van der Waals surface area contributed by atoms with Gasteiger partial charge in [-0.2, -0.15) is 0 Å². The first-order valence-corrected chi connectivity index (χ1v) is 11.1. The summed E-state index contributed by atoms with van der Waals surface area (Å²) in [4.78, 5) is 53.1. The molecule has 4 heterocycles. The number of hydrogen-bond acceptors (Lipinski definition) is 5. The first kappa shape index (κ1) is 21.2. The molecule has 2 aliphatic rings. The molecule has 0 spiro atoms. The van der Waals surface area contributed by atoms with Gasteiger partial charge in [-0.3, -0.25) is 19.4 Å². The Morgan fingerprint density at radius 2 is 1.94 bits per heavy atom. The molecule has 0 bridgehead atoms. The highest BCUT2D eigenvalue weighted by atomic mass is 16.2. The third-order valence-electron chi connectivity index (χ3n) is 6.20. The van der Waals surface area contributed by atoms with E-state index in [2.05, 4.69) is 9.97 Å². The van der Waals surface area contributed by atoms with Crippen LogP contribution in [0.2, 0.25) is 0 Å². The molecule has 0 unspecified atom stereocenters. The average Bonchev–Trinajstić information content (AvgIpc) is 2.79. The van der Waals surface area contributed by atoms with Gasteiger partial charge < -0.3 is 14.8 Å². The number of piperidine rings is 1. The molecule has 4 rings (SSSR count). The second-order valence-corrected chi connectivity index (χ2v) is 8.34. The first-order valence-electron chi connectivity index (χ1n) is 11.1. The molecular formula is C23H29N5O3. The lowest BCUT2D eigenvalue weighted by molar-refractivity contribution is -0.132. The molecule has 2 aromatic heterocycles. The number of nitrogens with zero attached hydrogens (tertiary/aromatic N) is 4. The summed E-state index contributed by atoms with van der Waals surface area (Å²) in [5.41, 5.74) is 2.07. The second-order valence-electron chi connectivity index (χ2n) is 8.34. The maximum absolute atomic E-state index is 12.7. The summed E-state index contributed by atoms with van der Waals surface area (Å²) >= 11 is 0. The van der Waals surface area contributed by atoms with Gasteiger partial charge in [-0.1, -0.05) is 13.0 Å². The highest BCUT2D eigenvalue weighted by Crippen LogP contribution is 2.26. The number of carbonyl (C=O) groups is 2. The number of likely N-dealkylation sites (tertiary alicyclic amines) is 1. The zero-order chi connectivity index (χ0) is 21.8. The number of fused-ring (bicyclic) bond motifs is 1. The van der Waals surface area contributed by atoms with E-state index < -0.39 is 0 Å². The Hall–Kier alpha value is -3.03. The quantitative estimate of drug-likeness (QED) is 0.791. The topological polar surface area (TPSA) is 99.3 Å². The van der Waals surface area contributed by atoms with Gasteiger partial charge in [0.2, 0.25) is 11.8 Å². The Kier molecular flexibility index (Phi) is 6.44. The summed E-state index contributed by atoms with van der Waals surface area (Å²) in [5.74, 6) is 1.03. The van der Waals surface area contributed by atoms with Crippen LogP contribution in [-0.2, 0) is 29.0 Å². The Balaban J connectivity index is 1.38. The van der Waals surface area contributed by atoms with Crippen LogP contribution in [0.1, 0.15) is 61.3 Å². The molecule has 8 nitrogen and oxygen atoms in total. The average molecular weight is 424 g/mol. The van der Waals surface area contributed by atoms with Gasteiger partial charge in [0.25, 0.3) is 5.56 Å². The van der Waals surface area contributed by atoms with Crippen molar-refractivity contribution < 1.29 is 9.59 Å². The highest BCUT2D eigenvalue weighted by molar-refractivity contribution is 5.78. The molecule has 2 amide bonds. The molecule has 0 aliphatic carbocycles. The van der Waals surface area contributed by atoms with Gasteiger partial charge >= 0.3 is 0 Å². The van der Waals surface area contributed by atoms with Gasteiger partial charge in [-0.15, -0.1) is 0 Å². The summed E-state index contributed by atoms with van der Waals surface area (Å²) in [5, 5.41) is 0. The predicted octanol–water partition coefficient (Wildman–Crippen LogP) is 1.80. The number of pyridine rings is 1. The van der Waals surface area contributed by atoms with Crippen LogP contribution in [0.3, 0.4) is 0 Å². The third-order valence-corrected chi connectivity index (χ3v) is 6.20. The monoisotopic (exact) mass is 423 g/mol. The fourth-order valence-corrected chi connectivity index (χ4v) is 4.39. The van der Waals surface area contributed by atoms with E-state index in [1.807, 2.05) is 30.0 Å². The number of aromatic amines is 1. The molecule has 2 aliphatic heterocycles. The maximum Gasteiger partial charge on any atom is 0.256 e. The summed E-state index contributed by atoms with van der Waals surface area (Å²) in [7, 11) is 0. The first-order chi connectivity index (χ1) is 15.0. The molecule has 0 aromatic carbocycles. The van der Waals surface area contributed by atoms with E-state index in [1.165, 1.54) is 0 Å². The maximum atomic E-state index is 12.7. The summed E-state index contributed by atoms with van der Waals surface area (Å²) < 4.78 is 0. The van der Waals surface area contributed by atoms with Gasteiger partial charge in [0.1, 0.15) is 5.82 Å². The van der Waals surface area contributed by atoms with Gasteiger partial charge in [0.15, 0.2) is 0 Å². The lowest BCUT2D eigenvalue weighted by atomic mass is 9.95. The molecule has 164 valence electrons. The van der Waals surface area contributed by atoms with E-state index in [1.54, 1.807) is 11.1 Å². The van der Waals surface area contributed by atoms with Crippen molar-refractivity contribution >= 4 is 11.8 Å². The van der Waals surface area contributed by atoms with Crippen LogP contribution in [0, 0.1) is 0 Å². The molecule has 0 saturated carbocycles. The van der Waals surface area contributed by atoms with Crippen molar-refractivity contribution in [2.24, 2.45) is 0 Å². The Bertz CT molecular complexity index is 996. The van der Waals surface area contributed by atoms with Crippen molar-refractivity contribution in [2.75, 3.05) is 19.6 Å². The van der Waals surface area contributed by atoms with Gasteiger partial charge in [-0.25, -0.2) is 4.98 Å². The van der Waals surface area contributed by atoms with Gasteiger partial charge in [0, 0.05) is 50.3 Å². The minimum Gasteiger partial charge on any atom is -0.342 e. The zero-order valence-corrected chi connectivity index (χ0v) is 18.0. The number of aromatic nitrogens is 3. The van der Waals surface area contributed by atoms with E-state index in [0.29, 0.717) is 56.8 Å². The largest absolute Gasteiger partial charge is 0.342 e. The van der Waals surface area contributed by atoms with Crippen LogP contribution in [-0.4, -0.2) is 56.2 Å². The highest BCUT2D eigenvalue weighted by Gasteiger charge is 2.28. The fourth-order valence-electron chi connectivity index (χ4n) is 4.39. The van der Waals surface area contributed by atoms with Crippen LogP contribution < -0.4 is 5.56 Å². The van der Waals surface area contributed by atoms with Crippen molar-refractivity contribution in [2.45, 2.75) is 57.9 Å². The molecule has 1 saturated heterocycles. The molecular weight excluding hydrogens is 394 g/mol. The predicted molar refractivity (Wildman–Crippen MR) is 115 cm³/mol. The van der Waals surface area contributed by atoms with Gasteiger partial charge in [0.05, 0.1) is 24.2 Å². The SMILES string of the molecule is CCCC(=O)N1CCc2nc(C3CCN(C(=O)Cc4ccccn4)CC3)[nH]c(=O)c2C1. The van der Waals surface area contributed by atoms with Gasteiger partial charge in [-0.05, 0) is 31.4 Å². The minimum atomic E-state index is -0.136. The van der Waals surface area contributed by atoms with E-state index in [9.17, 15) is 14.4 Å². The standard InChI is InChI=1S/C23H29N5O3/c1-2-5-20(29)28-13-9-19-18(15-28)23(31)26-22(25-19)16-7-11-27(12-8-16)21(30)14-17-6-3-4-10-24-17/h3-4,6,10,16H,2,5,7-9,11-15H2,1H3,(H,25,26,31). The summed E-state index contributed by atoms with van der Waals surface area (Å²) in [6.07, 6.45) is 5.49. The molecule has 0 atom stereocenters. The van der Waals surface area contributed by atoms with E-state index in [0.717, 1.165) is 30.7 Å². The minimum absolute atomic E-state index is 0.0841. The summed E-state index contributed by atoms with van der Waals surface area (Å²) in [6, 6.07) is 5.59. The third kappa shape index (κ3) is 4.84. The fraction of sp³-hybridized carbons (Fsp3) is 0.522. The Morgan fingerprint density at radius 1 is 1.13 bits per heavy atom.